The Bertz CT molecular complexity index is 1400. The second-order valence-corrected chi connectivity index (χ2v) is 9.33. The van der Waals surface area contributed by atoms with Crippen LogP contribution in [-0.4, -0.2) is 62.6 Å². The third-order valence-corrected chi connectivity index (χ3v) is 7.08. The minimum Gasteiger partial charge on any atom is -0.378 e. The summed E-state index contributed by atoms with van der Waals surface area (Å²) in [6.07, 6.45) is 1.75. The topological polar surface area (TPSA) is 62.8 Å². The number of morpholine rings is 2. The van der Waals surface area contributed by atoms with E-state index in [1.54, 1.807) is 12.3 Å². The van der Waals surface area contributed by atoms with Gasteiger partial charge < -0.3 is 24.6 Å². The fourth-order valence-corrected chi connectivity index (χ4v) is 5.13. The number of rotatable bonds is 5. The minimum atomic E-state index is -0.305. The lowest BCUT2D eigenvalue weighted by molar-refractivity contribution is 0.122. The normalized spacial score (nSPS) is 16.3. The summed E-state index contributed by atoms with van der Waals surface area (Å²) in [6, 6.07) is 17.3. The van der Waals surface area contributed by atoms with Crippen molar-refractivity contribution in [1.82, 2.24) is 9.97 Å². The van der Waals surface area contributed by atoms with Crippen LogP contribution >= 0.6 is 0 Å². The maximum absolute atomic E-state index is 15.3. The summed E-state index contributed by atoms with van der Waals surface area (Å²) in [5, 5.41) is 4.14. The Morgan fingerprint density at radius 3 is 2.35 bits per heavy atom. The van der Waals surface area contributed by atoms with Gasteiger partial charge >= 0.3 is 0 Å². The highest BCUT2D eigenvalue weighted by Gasteiger charge is 2.22. The average molecular weight is 500 g/mol. The fraction of sp³-hybridized carbons (Fsp3) is 0.310. The average Bonchev–Trinajstić information content (AvgIpc) is 2.96. The van der Waals surface area contributed by atoms with Crippen molar-refractivity contribution in [2.75, 3.05) is 67.7 Å². The highest BCUT2D eigenvalue weighted by molar-refractivity contribution is 5.99. The molecule has 0 radical (unpaired) electrons. The van der Waals surface area contributed by atoms with Gasteiger partial charge in [-0.15, -0.1) is 0 Å². The van der Waals surface area contributed by atoms with Crippen molar-refractivity contribution in [3.63, 3.8) is 0 Å². The fourth-order valence-electron chi connectivity index (χ4n) is 5.13. The zero-order valence-electron chi connectivity index (χ0n) is 20.9. The second kappa shape index (κ2) is 10.3. The molecular weight excluding hydrogens is 469 g/mol. The lowest BCUT2D eigenvalue weighted by Gasteiger charge is -2.33. The van der Waals surface area contributed by atoms with Gasteiger partial charge in [-0.2, -0.15) is 0 Å². The van der Waals surface area contributed by atoms with Crippen molar-refractivity contribution >= 4 is 33.7 Å². The van der Waals surface area contributed by atoms with Gasteiger partial charge in [-0.25, -0.2) is 9.37 Å². The van der Waals surface area contributed by atoms with E-state index in [4.69, 9.17) is 14.5 Å². The predicted molar refractivity (Wildman–Crippen MR) is 145 cm³/mol. The molecule has 0 unspecified atom stereocenters. The number of ether oxygens (including phenoxy) is 2. The maximum atomic E-state index is 15.3. The van der Waals surface area contributed by atoms with Gasteiger partial charge in [0.25, 0.3) is 0 Å². The molecule has 0 aliphatic carbocycles. The number of nitrogens with one attached hydrogen (secondary N) is 1. The molecule has 0 atom stereocenters. The summed E-state index contributed by atoms with van der Waals surface area (Å²) in [5.41, 5.74) is 6.74. The molecule has 0 spiro atoms. The molecule has 190 valence electrons. The molecule has 4 aromatic rings. The van der Waals surface area contributed by atoms with Crippen LogP contribution in [0.15, 0.2) is 60.8 Å². The Kier molecular flexibility index (Phi) is 6.59. The molecule has 2 saturated heterocycles. The molecule has 37 heavy (non-hydrogen) atoms. The Morgan fingerprint density at radius 1 is 0.865 bits per heavy atom. The third kappa shape index (κ3) is 4.70. The number of halogens is 1. The lowest BCUT2D eigenvalue weighted by Crippen LogP contribution is -2.37. The van der Waals surface area contributed by atoms with E-state index in [1.807, 2.05) is 31.2 Å². The van der Waals surface area contributed by atoms with Gasteiger partial charge in [0.15, 0.2) is 0 Å². The smallest absolute Gasteiger partial charge is 0.134 e. The predicted octanol–water partition coefficient (Wildman–Crippen LogP) is 5.16. The van der Waals surface area contributed by atoms with Crippen molar-refractivity contribution in [3.05, 3.63) is 72.2 Å². The second-order valence-electron chi connectivity index (χ2n) is 9.33. The largest absolute Gasteiger partial charge is 0.378 e. The molecule has 2 aliphatic rings. The number of hydrogen-bond acceptors (Lipinski definition) is 7. The van der Waals surface area contributed by atoms with Gasteiger partial charge in [-0.3, -0.25) is 4.98 Å². The molecular formula is C29H30FN5O2. The first kappa shape index (κ1) is 23.6. The van der Waals surface area contributed by atoms with Gasteiger partial charge in [0.1, 0.15) is 5.82 Å². The van der Waals surface area contributed by atoms with E-state index in [9.17, 15) is 0 Å². The SMILES string of the molecule is Cc1c(-c2ccccn2)nc2cccc(F)c2c1Nc1cc(N2CCOCC2)ccc1N1CCOCC1. The van der Waals surface area contributed by atoms with Crippen LogP contribution in [0.1, 0.15) is 5.56 Å². The molecule has 2 fully saturated rings. The maximum Gasteiger partial charge on any atom is 0.134 e. The van der Waals surface area contributed by atoms with Crippen molar-refractivity contribution < 1.29 is 13.9 Å². The van der Waals surface area contributed by atoms with Crippen LogP contribution in [0.4, 0.5) is 27.1 Å². The Morgan fingerprint density at radius 2 is 1.62 bits per heavy atom. The number of aromatic nitrogens is 2. The zero-order valence-corrected chi connectivity index (χ0v) is 20.9. The number of benzene rings is 2. The van der Waals surface area contributed by atoms with Crippen molar-refractivity contribution in [2.24, 2.45) is 0 Å². The molecule has 8 heteroatoms. The Labute approximate surface area is 215 Å². The van der Waals surface area contributed by atoms with Crippen LogP contribution in [0.5, 0.6) is 0 Å². The summed E-state index contributed by atoms with van der Waals surface area (Å²) < 4.78 is 26.5. The quantitative estimate of drug-likeness (QED) is 0.407. The van der Waals surface area contributed by atoms with Gasteiger partial charge in [0.05, 0.1) is 65.8 Å². The molecule has 2 aromatic carbocycles. The molecule has 4 heterocycles. The Hall–Kier alpha value is -3.75. The molecule has 7 nitrogen and oxygen atoms in total. The van der Waals surface area contributed by atoms with E-state index in [1.165, 1.54) is 6.07 Å². The van der Waals surface area contributed by atoms with E-state index in [2.05, 4.69) is 38.3 Å². The van der Waals surface area contributed by atoms with Gasteiger partial charge in [0.2, 0.25) is 0 Å². The number of pyridine rings is 2. The van der Waals surface area contributed by atoms with Crippen LogP contribution in [0.2, 0.25) is 0 Å². The van der Waals surface area contributed by atoms with Gasteiger partial charge in [-0.1, -0.05) is 12.1 Å². The molecule has 2 aromatic heterocycles. The lowest BCUT2D eigenvalue weighted by atomic mass is 10.0. The molecule has 0 saturated carbocycles. The van der Waals surface area contributed by atoms with E-state index in [0.717, 1.165) is 60.2 Å². The molecule has 2 aliphatic heterocycles. The van der Waals surface area contributed by atoms with E-state index < -0.39 is 0 Å². The van der Waals surface area contributed by atoms with Gasteiger partial charge in [-0.05, 0) is 49.4 Å². The van der Waals surface area contributed by atoms with E-state index in [-0.39, 0.29) is 5.82 Å². The van der Waals surface area contributed by atoms with E-state index >= 15 is 4.39 Å². The third-order valence-electron chi connectivity index (χ3n) is 7.08. The summed E-state index contributed by atoms with van der Waals surface area (Å²) in [4.78, 5) is 14.0. The summed E-state index contributed by atoms with van der Waals surface area (Å²) in [5.74, 6) is -0.305. The van der Waals surface area contributed by atoms with Crippen LogP contribution < -0.4 is 15.1 Å². The highest BCUT2D eigenvalue weighted by Crippen LogP contribution is 2.40. The monoisotopic (exact) mass is 499 g/mol. The first-order valence-corrected chi connectivity index (χ1v) is 12.8. The van der Waals surface area contributed by atoms with Crippen molar-refractivity contribution in [2.45, 2.75) is 6.92 Å². The highest BCUT2D eigenvalue weighted by atomic mass is 19.1. The molecule has 1 N–H and O–H groups in total. The standard InChI is InChI=1S/C29H30FN5O2/c1-20-28(24-6-2-3-10-31-24)32-23-7-4-5-22(30)27(23)29(20)33-25-19-21(34-11-15-36-16-12-34)8-9-26(25)35-13-17-37-18-14-35/h2-10,19H,11-18H2,1H3,(H,32,33). The number of anilines is 4. The van der Waals surface area contributed by atoms with Gasteiger partial charge in [0, 0.05) is 43.6 Å². The van der Waals surface area contributed by atoms with Crippen LogP contribution in [0.3, 0.4) is 0 Å². The molecule has 0 bridgehead atoms. The summed E-state index contributed by atoms with van der Waals surface area (Å²) in [6.45, 7) is 8.04. The number of fused-ring (bicyclic) bond motifs is 1. The van der Waals surface area contributed by atoms with E-state index in [0.29, 0.717) is 43.0 Å². The number of hydrogen-bond donors (Lipinski definition) is 1. The molecule has 6 rings (SSSR count). The molecule has 0 amide bonds. The summed E-state index contributed by atoms with van der Waals surface area (Å²) in [7, 11) is 0. The minimum absolute atomic E-state index is 0.305. The van der Waals surface area contributed by atoms with Crippen molar-refractivity contribution in [1.29, 1.82) is 0 Å². The Balaban J connectivity index is 1.51. The van der Waals surface area contributed by atoms with Crippen molar-refractivity contribution in [3.8, 4) is 11.4 Å². The van der Waals surface area contributed by atoms with Crippen LogP contribution in [-0.2, 0) is 9.47 Å². The first-order chi connectivity index (χ1) is 18.2. The zero-order chi connectivity index (χ0) is 25.2. The first-order valence-electron chi connectivity index (χ1n) is 12.8. The van der Waals surface area contributed by atoms with Crippen LogP contribution in [0, 0.1) is 12.7 Å². The van der Waals surface area contributed by atoms with Crippen LogP contribution in [0.25, 0.3) is 22.3 Å². The summed E-state index contributed by atoms with van der Waals surface area (Å²) >= 11 is 0. The number of nitrogens with zero attached hydrogens (tertiary/aromatic N) is 4.